The normalized spacial score (nSPS) is 10.6. The van der Waals surface area contributed by atoms with Crippen LogP contribution in [-0.4, -0.2) is 5.78 Å². The number of carbonyl (C=O) groups is 1. The first-order chi connectivity index (χ1) is 8.90. The van der Waals surface area contributed by atoms with Gasteiger partial charge in [-0.1, -0.05) is 11.6 Å². The molecule has 1 nitrogen and oxygen atoms in total. The SMILES string of the molecule is Cc1cc(F)c(C(=O)c2ccc(Cl)cc2F)cc1F. The molecular weight excluding hydrogens is 277 g/mol. The summed E-state index contributed by atoms with van der Waals surface area (Å²) in [6, 6.07) is 5.05. The van der Waals surface area contributed by atoms with Crippen molar-refractivity contribution in [2.75, 3.05) is 0 Å². The van der Waals surface area contributed by atoms with Gasteiger partial charge in [0.05, 0.1) is 11.1 Å². The Morgan fingerprint density at radius 3 is 2.21 bits per heavy atom. The fraction of sp³-hybridized carbons (Fsp3) is 0.0714. The second-order valence-corrected chi connectivity index (χ2v) is 4.47. The summed E-state index contributed by atoms with van der Waals surface area (Å²) >= 11 is 5.56. The van der Waals surface area contributed by atoms with Gasteiger partial charge < -0.3 is 0 Å². The average Bonchev–Trinajstić information content (AvgIpc) is 2.33. The smallest absolute Gasteiger partial charge is 0.199 e. The Balaban J connectivity index is 2.53. The first-order valence-corrected chi connectivity index (χ1v) is 5.73. The van der Waals surface area contributed by atoms with E-state index in [0.29, 0.717) is 0 Å². The Kier molecular flexibility index (Phi) is 3.62. The Morgan fingerprint density at radius 2 is 1.58 bits per heavy atom. The predicted molar refractivity (Wildman–Crippen MR) is 65.9 cm³/mol. The number of halogens is 4. The van der Waals surface area contributed by atoms with Gasteiger partial charge in [0, 0.05) is 5.02 Å². The fourth-order valence-electron chi connectivity index (χ4n) is 1.64. The zero-order valence-corrected chi connectivity index (χ0v) is 10.6. The predicted octanol–water partition coefficient (Wildman–Crippen LogP) is 4.30. The van der Waals surface area contributed by atoms with Crippen molar-refractivity contribution in [2.45, 2.75) is 6.92 Å². The van der Waals surface area contributed by atoms with Gasteiger partial charge in [0.2, 0.25) is 0 Å². The second-order valence-electron chi connectivity index (χ2n) is 4.03. The van der Waals surface area contributed by atoms with E-state index in [9.17, 15) is 18.0 Å². The highest BCUT2D eigenvalue weighted by Gasteiger charge is 2.19. The molecule has 2 aromatic carbocycles. The Morgan fingerprint density at radius 1 is 0.947 bits per heavy atom. The number of hydrogen-bond donors (Lipinski definition) is 0. The quantitative estimate of drug-likeness (QED) is 0.752. The van der Waals surface area contributed by atoms with Crippen molar-refractivity contribution in [3.05, 3.63) is 69.5 Å². The van der Waals surface area contributed by atoms with E-state index in [0.717, 1.165) is 24.3 Å². The largest absolute Gasteiger partial charge is 0.288 e. The summed E-state index contributed by atoms with van der Waals surface area (Å²) in [5.74, 6) is -3.42. The van der Waals surface area contributed by atoms with E-state index in [4.69, 9.17) is 11.6 Å². The van der Waals surface area contributed by atoms with Crippen LogP contribution in [0, 0.1) is 24.4 Å². The maximum Gasteiger partial charge on any atom is 0.199 e. The lowest BCUT2D eigenvalue weighted by atomic mass is 10.0. The minimum atomic E-state index is -0.925. The number of hydrogen-bond acceptors (Lipinski definition) is 1. The number of benzene rings is 2. The second kappa shape index (κ2) is 5.05. The molecule has 2 rings (SSSR count). The van der Waals surface area contributed by atoms with Crippen molar-refractivity contribution >= 4 is 17.4 Å². The third kappa shape index (κ3) is 2.63. The molecule has 0 amide bonds. The van der Waals surface area contributed by atoms with E-state index >= 15 is 0 Å². The summed E-state index contributed by atoms with van der Waals surface area (Å²) in [7, 11) is 0. The van der Waals surface area contributed by atoms with Crippen molar-refractivity contribution in [1.82, 2.24) is 0 Å². The molecule has 0 atom stereocenters. The molecule has 2 aromatic rings. The van der Waals surface area contributed by atoms with Crippen molar-refractivity contribution < 1.29 is 18.0 Å². The molecule has 0 radical (unpaired) electrons. The zero-order valence-electron chi connectivity index (χ0n) is 9.81. The summed E-state index contributed by atoms with van der Waals surface area (Å²) in [6.45, 7) is 1.37. The average molecular weight is 285 g/mol. The van der Waals surface area contributed by atoms with E-state index in [-0.39, 0.29) is 16.1 Å². The van der Waals surface area contributed by atoms with Gasteiger partial charge in [0.25, 0.3) is 0 Å². The molecule has 0 saturated heterocycles. The molecule has 19 heavy (non-hydrogen) atoms. The molecular formula is C14H8ClF3O. The van der Waals surface area contributed by atoms with Gasteiger partial charge in [-0.2, -0.15) is 0 Å². The van der Waals surface area contributed by atoms with Crippen LogP contribution in [0.1, 0.15) is 21.5 Å². The van der Waals surface area contributed by atoms with Gasteiger partial charge in [-0.15, -0.1) is 0 Å². The molecule has 0 aliphatic carbocycles. The molecule has 0 heterocycles. The Hall–Kier alpha value is -1.81. The van der Waals surface area contributed by atoms with Crippen molar-refractivity contribution in [1.29, 1.82) is 0 Å². The van der Waals surface area contributed by atoms with Crippen LogP contribution in [0.3, 0.4) is 0 Å². The Labute approximate surface area is 112 Å². The highest BCUT2D eigenvalue weighted by molar-refractivity contribution is 6.30. The van der Waals surface area contributed by atoms with E-state index in [1.807, 2.05) is 0 Å². The number of rotatable bonds is 2. The van der Waals surface area contributed by atoms with Gasteiger partial charge in [-0.3, -0.25) is 4.79 Å². The third-order valence-corrected chi connectivity index (χ3v) is 2.90. The summed E-state index contributed by atoms with van der Waals surface area (Å²) in [6.07, 6.45) is 0. The lowest BCUT2D eigenvalue weighted by Gasteiger charge is -2.06. The lowest BCUT2D eigenvalue weighted by Crippen LogP contribution is -2.08. The van der Waals surface area contributed by atoms with E-state index in [2.05, 4.69) is 0 Å². The van der Waals surface area contributed by atoms with E-state index < -0.39 is 28.8 Å². The molecule has 0 bridgehead atoms. The van der Waals surface area contributed by atoms with Gasteiger partial charge in [-0.25, -0.2) is 13.2 Å². The number of aryl methyl sites for hydroxylation is 1. The Bertz CT molecular complexity index is 668. The topological polar surface area (TPSA) is 17.1 Å². The zero-order chi connectivity index (χ0) is 14.2. The van der Waals surface area contributed by atoms with Crippen LogP contribution in [0.5, 0.6) is 0 Å². The van der Waals surface area contributed by atoms with Gasteiger partial charge in [-0.05, 0) is 42.8 Å². The highest BCUT2D eigenvalue weighted by Crippen LogP contribution is 2.21. The van der Waals surface area contributed by atoms with Crippen LogP contribution < -0.4 is 0 Å². The number of carbonyl (C=O) groups excluding carboxylic acids is 1. The molecule has 98 valence electrons. The van der Waals surface area contributed by atoms with Crippen molar-refractivity contribution in [3.63, 3.8) is 0 Å². The minimum Gasteiger partial charge on any atom is -0.288 e. The van der Waals surface area contributed by atoms with Crippen LogP contribution in [-0.2, 0) is 0 Å². The van der Waals surface area contributed by atoms with E-state index in [1.165, 1.54) is 13.0 Å². The summed E-state index contributed by atoms with van der Waals surface area (Å²) in [5, 5.41) is 0.115. The summed E-state index contributed by atoms with van der Waals surface area (Å²) in [5.41, 5.74) is -0.790. The maximum atomic E-state index is 13.6. The first-order valence-electron chi connectivity index (χ1n) is 5.35. The molecule has 0 spiro atoms. The van der Waals surface area contributed by atoms with Crippen LogP contribution >= 0.6 is 11.6 Å². The van der Waals surface area contributed by atoms with Crippen molar-refractivity contribution in [2.24, 2.45) is 0 Å². The van der Waals surface area contributed by atoms with Gasteiger partial charge in [0.15, 0.2) is 5.78 Å². The standard InChI is InChI=1S/C14H8ClF3O/c1-7-4-12(17)10(6-11(7)16)14(19)9-3-2-8(15)5-13(9)18/h2-6H,1H3. The van der Waals surface area contributed by atoms with Gasteiger partial charge >= 0.3 is 0 Å². The summed E-state index contributed by atoms with van der Waals surface area (Å²) in [4.78, 5) is 12.0. The van der Waals surface area contributed by atoms with Crippen LogP contribution in [0.15, 0.2) is 30.3 Å². The minimum absolute atomic E-state index is 0.0747. The van der Waals surface area contributed by atoms with E-state index in [1.54, 1.807) is 0 Å². The molecule has 5 heteroatoms. The monoisotopic (exact) mass is 284 g/mol. The molecule has 0 aliphatic rings. The molecule has 0 aliphatic heterocycles. The lowest BCUT2D eigenvalue weighted by molar-refractivity contribution is 0.103. The molecule has 0 aromatic heterocycles. The van der Waals surface area contributed by atoms with Crippen LogP contribution in [0.25, 0.3) is 0 Å². The van der Waals surface area contributed by atoms with Crippen molar-refractivity contribution in [3.8, 4) is 0 Å². The maximum absolute atomic E-state index is 13.6. The number of ketones is 1. The first kappa shape index (κ1) is 13.6. The third-order valence-electron chi connectivity index (χ3n) is 2.67. The molecule has 0 saturated carbocycles. The van der Waals surface area contributed by atoms with Crippen LogP contribution in [0.4, 0.5) is 13.2 Å². The fourth-order valence-corrected chi connectivity index (χ4v) is 1.80. The molecule has 0 N–H and O–H groups in total. The highest BCUT2D eigenvalue weighted by atomic mass is 35.5. The summed E-state index contributed by atoms with van der Waals surface area (Å²) < 4.78 is 40.6. The molecule has 0 unspecified atom stereocenters. The van der Waals surface area contributed by atoms with Crippen LogP contribution in [0.2, 0.25) is 5.02 Å². The van der Waals surface area contributed by atoms with Gasteiger partial charge in [0.1, 0.15) is 17.5 Å². The molecule has 0 fully saturated rings.